The number of aromatic hydroxyl groups is 1. The molecule has 0 fully saturated rings. The van der Waals surface area contributed by atoms with Crippen molar-refractivity contribution < 1.29 is 5.11 Å². The molecule has 0 unspecified atom stereocenters. The average molecular weight is 379 g/mol. The number of halogens is 1. The number of hydrogen-bond donors (Lipinski definition) is 1. The van der Waals surface area contributed by atoms with E-state index in [-0.39, 0.29) is 29.2 Å². The molecule has 0 amide bonds. The van der Waals surface area contributed by atoms with Gasteiger partial charge >= 0.3 is 0 Å². The number of pyridine rings is 1. The fourth-order valence-corrected chi connectivity index (χ4v) is 2.80. The molecule has 3 aromatic rings. The van der Waals surface area contributed by atoms with Crippen molar-refractivity contribution in [2.75, 3.05) is 0 Å². The van der Waals surface area contributed by atoms with Gasteiger partial charge in [-0.25, -0.2) is 0 Å². The number of nitrogens with zero attached hydrogens (tertiary/aromatic N) is 4. The van der Waals surface area contributed by atoms with Gasteiger partial charge in [-0.1, -0.05) is 48.0 Å². The highest BCUT2D eigenvalue weighted by molar-refractivity contribution is 6.30. The molecule has 0 saturated carbocycles. The predicted molar refractivity (Wildman–Crippen MR) is 103 cm³/mol. The van der Waals surface area contributed by atoms with Crippen molar-refractivity contribution >= 4 is 23.0 Å². The summed E-state index contributed by atoms with van der Waals surface area (Å²) in [5, 5.41) is 28.4. The van der Waals surface area contributed by atoms with Gasteiger partial charge in [0.15, 0.2) is 5.69 Å². The summed E-state index contributed by atoms with van der Waals surface area (Å²) in [5.41, 5.74) is 1.02. The maximum absolute atomic E-state index is 12.9. The number of azo groups is 1. The molecule has 1 heterocycles. The van der Waals surface area contributed by atoms with Gasteiger partial charge in [-0.15, -0.1) is 5.11 Å². The average Bonchev–Trinajstić information content (AvgIpc) is 2.66. The molecule has 1 aromatic heterocycles. The smallest absolute Gasteiger partial charge is 0.281 e. The molecule has 0 aliphatic heterocycles. The SMILES string of the molecule is Cc1c(C#N)c(O)n(Cc2ccccc2)c(=O)c1N=Nc1cccc(Cl)c1. The van der Waals surface area contributed by atoms with Gasteiger partial charge in [-0.3, -0.25) is 9.36 Å². The van der Waals surface area contributed by atoms with Crippen molar-refractivity contribution in [3.05, 3.63) is 86.7 Å². The monoisotopic (exact) mass is 378 g/mol. The maximum Gasteiger partial charge on any atom is 0.281 e. The zero-order valence-electron chi connectivity index (χ0n) is 14.4. The first-order valence-electron chi connectivity index (χ1n) is 8.09. The molecular weight excluding hydrogens is 364 g/mol. The standard InChI is InChI=1S/C20H15ClN4O2/c1-13-17(11-22)19(26)25(12-14-6-3-2-4-7-14)20(27)18(13)24-23-16-9-5-8-15(21)10-16/h2-10,26H,12H2,1H3. The molecule has 3 rings (SSSR count). The first kappa shape index (κ1) is 18.4. The Hall–Kier alpha value is -3.43. The molecule has 1 N–H and O–H groups in total. The van der Waals surface area contributed by atoms with Gasteiger partial charge in [-0.05, 0) is 30.7 Å². The van der Waals surface area contributed by atoms with E-state index in [2.05, 4.69) is 10.2 Å². The Bertz CT molecular complexity index is 1120. The van der Waals surface area contributed by atoms with Crippen LogP contribution in [0, 0.1) is 18.3 Å². The third-order valence-electron chi connectivity index (χ3n) is 4.03. The van der Waals surface area contributed by atoms with E-state index >= 15 is 0 Å². The molecule has 0 spiro atoms. The fraction of sp³-hybridized carbons (Fsp3) is 0.100. The normalized spacial score (nSPS) is 10.9. The first-order valence-corrected chi connectivity index (χ1v) is 8.46. The number of rotatable bonds is 4. The molecule has 6 nitrogen and oxygen atoms in total. The van der Waals surface area contributed by atoms with Crippen LogP contribution in [0.1, 0.15) is 16.7 Å². The highest BCUT2D eigenvalue weighted by Crippen LogP contribution is 2.27. The van der Waals surface area contributed by atoms with Crippen LogP contribution in [-0.4, -0.2) is 9.67 Å². The fourth-order valence-electron chi connectivity index (χ4n) is 2.62. The van der Waals surface area contributed by atoms with E-state index in [1.54, 1.807) is 31.2 Å². The molecule has 7 heteroatoms. The quantitative estimate of drug-likeness (QED) is 0.658. The summed E-state index contributed by atoms with van der Waals surface area (Å²) in [6, 6.07) is 17.8. The van der Waals surface area contributed by atoms with Gasteiger partial charge < -0.3 is 5.11 Å². The van der Waals surface area contributed by atoms with Crippen LogP contribution in [0.2, 0.25) is 5.02 Å². The lowest BCUT2D eigenvalue weighted by molar-refractivity contribution is 0.412. The summed E-state index contributed by atoms with van der Waals surface area (Å²) in [4.78, 5) is 12.9. The molecule has 0 aliphatic rings. The molecular formula is C20H15ClN4O2. The Morgan fingerprint density at radius 2 is 1.89 bits per heavy atom. The number of hydrogen-bond acceptors (Lipinski definition) is 5. The number of benzene rings is 2. The third-order valence-corrected chi connectivity index (χ3v) is 4.26. The molecule has 0 aliphatic carbocycles. The summed E-state index contributed by atoms with van der Waals surface area (Å²) >= 11 is 5.93. The lowest BCUT2D eigenvalue weighted by atomic mass is 10.1. The minimum atomic E-state index is -0.529. The van der Waals surface area contributed by atoms with E-state index in [1.807, 2.05) is 36.4 Å². The second-order valence-electron chi connectivity index (χ2n) is 5.84. The van der Waals surface area contributed by atoms with Crippen LogP contribution in [0.3, 0.4) is 0 Å². The highest BCUT2D eigenvalue weighted by atomic mass is 35.5. The second-order valence-corrected chi connectivity index (χ2v) is 6.28. The summed E-state index contributed by atoms with van der Waals surface area (Å²) in [5.74, 6) is -0.384. The molecule has 134 valence electrons. The lowest BCUT2D eigenvalue weighted by Crippen LogP contribution is -2.22. The van der Waals surface area contributed by atoms with Crippen LogP contribution in [0.25, 0.3) is 0 Å². The van der Waals surface area contributed by atoms with E-state index in [9.17, 15) is 15.2 Å². The number of aromatic nitrogens is 1. The van der Waals surface area contributed by atoms with E-state index in [4.69, 9.17) is 11.6 Å². The molecule has 2 aromatic carbocycles. The Morgan fingerprint density at radius 1 is 1.15 bits per heavy atom. The molecule has 0 atom stereocenters. The van der Waals surface area contributed by atoms with Gasteiger partial charge in [0.05, 0.1) is 12.2 Å². The highest BCUT2D eigenvalue weighted by Gasteiger charge is 2.19. The largest absolute Gasteiger partial charge is 0.493 e. The maximum atomic E-state index is 12.9. The Morgan fingerprint density at radius 3 is 2.56 bits per heavy atom. The number of nitriles is 1. The van der Waals surface area contributed by atoms with E-state index in [0.717, 1.165) is 10.1 Å². The van der Waals surface area contributed by atoms with Crippen molar-refractivity contribution in [3.63, 3.8) is 0 Å². The van der Waals surface area contributed by atoms with Crippen LogP contribution in [0.4, 0.5) is 11.4 Å². The van der Waals surface area contributed by atoms with Crippen molar-refractivity contribution in [2.45, 2.75) is 13.5 Å². The van der Waals surface area contributed by atoms with Gasteiger partial charge in [-0.2, -0.15) is 10.4 Å². The van der Waals surface area contributed by atoms with Crippen molar-refractivity contribution in [3.8, 4) is 11.9 Å². The summed E-state index contributed by atoms with van der Waals surface area (Å²) in [7, 11) is 0. The van der Waals surface area contributed by atoms with Gasteiger partial charge in [0.25, 0.3) is 5.56 Å². The third kappa shape index (κ3) is 3.89. The van der Waals surface area contributed by atoms with E-state index in [0.29, 0.717) is 10.7 Å². The van der Waals surface area contributed by atoms with Crippen molar-refractivity contribution in [2.24, 2.45) is 10.2 Å². The van der Waals surface area contributed by atoms with Crippen LogP contribution in [0.5, 0.6) is 5.88 Å². The van der Waals surface area contributed by atoms with E-state index in [1.165, 1.54) is 0 Å². The Labute approximate surface area is 160 Å². The molecule has 27 heavy (non-hydrogen) atoms. The molecule has 0 radical (unpaired) electrons. The zero-order chi connectivity index (χ0) is 19.4. The first-order chi connectivity index (χ1) is 13.0. The zero-order valence-corrected chi connectivity index (χ0v) is 15.2. The van der Waals surface area contributed by atoms with Crippen LogP contribution < -0.4 is 5.56 Å². The summed E-state index contributed by atoms with van der Waals surface area (Å²) in [6.07, 6.45) is 0. The Balaban J connectivity index is 2.12. The minimum Gasteiger partial charge on any atom is -0.493 e. The van der Waals surface area contributed by atoms with Gasteiger partial charge in [0.1, 0.15) is 11.6 Å². The van der Waals surface area contributed by atoms with Crippen LogP contribution in [-0.2, 0) is 6.54 Å². The Kier molecular flexibility index (Phi) is 5.34. The van der Waals surface area contributed by atoms with Gasteiger partial charge in [0.2, 0.25) is 5.88 Å². The molecule has 0 bridgehead atoms. The summed E-state index contributed by atoms with van der Waals surface area (Å²) in [6.45, 7) is 1.67. The lowest BCUT2D eigenvalue weighted by Gasteiger charge is -2.13. The second kappa shape index (κ2) is 7.85. The van der Waals surface area contributed by atoms with Crippen LogP contribution in [0.15, 0.2) is 69.6 Å². The predicted octanol–water partition coefficient (Wildman–Crippen LogP) is 4.85. The van der Waals surface area contributed by atoms with Crippen LogP contribution >= 0.6 is 11.6 Å². The van der Waals surface area contributed by atoms with E-state index < -0.39 is 5.56 Å². The minimum absolute atomic E-state index is 0.000238. The summed E-state index contributed by atoms with van der Waals surface area (Å²) < 4.78 is 1.12. The topological polar surface area (TPSA) is 90.7 Å². The molecule has 0 saturated heterocycles. The van der Waals surface area contributed by atoms with Gasteiger partial charge in [0, 0.05) is 10.6 Å². The van der Waals surface area contributed by atoms with Crippen molar-refractivity contribution in [1.82, 2.24) is 4.57 Å². The van der Waals surface area contributed by atoms with Crippen molar-refractivity contribution in [1.29, 1.82) is 5.26 Å².